The van der Waals surface area contributed by atoms with Crippen molar-refractivity contribution in [3.05, 3.63) is 33.8 Å². The molecule has 100 valence electrons. The van der Waals surface area contributed by atoms with Crippen molar-refractivity contribution in [3.8, 4) is 0 Å². The maximum absolute atomic E-state index is 11.3. The lowest BCUT2D eigenvalue weighted by molar-refractivity contribution is 0.330. The molecule has 1 saturated heterocycles. The van der Waals surface area contributed by atoms with E-state index in [2.05, 4.69) is 26.9 Å². The number of halogens is 1. The topological polar surface area (TPSA) is 63.4 Å². The fourth-order valence-corrected chi connectivity index (χ4v) is 3.52. The zero-order valence-electron chi connectivity index (χ0n) is 10.3. The van der Waals surface area contributed by atoms with Gasteiger partial charge in [-0.2, -0.15) is 0 Å². The number of hydrogen-bond donors (Lipinski definition) is 1. The number of sulfonamides is 1. The Morgan fingerprint density at radius 1 is 1.50 bits per heavy atom. The van der Waals surface area contributed by atoms with Gasteiger partial charge < -0.3 is 0 Å². The summed E-state index contributed by atoms with van der Waals surface area (Å²) in [7, 11) is -3.40. The van der Waals surface area contributed by atoms with Crippen LogP contribution in [0.4, 0.5) is 0 Å². The zero-order valence-corrected chi connectivity index (χ0v) is 12.7. The van der Waals surface area contributed by atoms with E-state index >= 15 is 0 Å². The van der Waals surface area contributed by atoms with Crippen LogP contribution < -0.4 is 5.14 Å². The molecular weight excluding hydrogens is 316 g/mol. The summed E-state index contributed by atoms with van der Waals surface area (Å²) in [5.74, 6) is 0. The Morgan fingerprint density at radius 3 is 2.83 bits per heavy atom. The maximum atomic E-state index is 11.3. The molecule has 2 N–H and O–H groups in total. The van der Waals surface area contributed by atoms with E-state index in [9.17, 15) is 8.42 Å². The molecule has 1 fully saturated rings. The normalized spacial score (nSPS) is 21.4. The Balaban J connectivity index is 2.06. The number of aryl methyl sites for hydroxylation is 1. The standard InChI is InChI=1S/C12H17BrN2O2S/c1-9-3-2-4-10(12(9)13)7-15-6-5-11(8-15)18(14,16)17/h2-4,11H,5-8H2,1H3,(H2,14,16,17). The number of rotatable bonds is 3. The minimum atomic E-state index is -3.40. The van der Waals surface area contributed by atoms with Gasteiger partial charge in [0, 0.05) is 17.6 Å². The van der Waals surface area contributed by atoms with Crippen LogP contribution in [0.2, 0.25) is 0 Å². The number of hydrogen-bond acceptors (Lipinski definition) is 3. The van der Waals surface area contributed by atoms with Gasteiger partial charge in [-0.15, -0.1) is 0 Å². The number of primary sulfonamides is 1. The first-order valence-corrected chi connectivity index (χ1v) is 8.26. The molecule has 6 heteroatoms. The highest BCUT2D eigenvalue weighted by Crippen LogP contribution is 2.24. The Morgan fingerprint density at radius 2 is 2.22 bits per heavy atom. The average molecular weight is 333 g/mol. The summed E-state index contributed by atoms with van der Waals surface area (Å²) in [6.07, 6.45) is 0.627. The molecular formula is C12H17BrN2O2S. The lowest BCUT2D eigenvalue weighted by Crippen LogP contribution is -2.31. The highest BCUT2D eigenvalue weighted by Gasteiger charge is 2.30. The molecule has 0 spiro atoms. The summed E-state index contributed by atoms with van der Waals surface area (Å²) < 4.78 is 23.7. The van der Waals surface area contributed by atoms with Crippen molar-refractivity contribution in [2.24, 2.45) is 5.14 Å². The molecule has 1 heterocycles. The molecule has 1 unspecified atom stereocenters. The highest BCUT2D eigenvalue weighted by molar-refractivity contribution is 9.10. The third kappa shape index (κ3) is 3.12. The molecule has 1 aliphatic rings. The van der Waals surface area contributed by atoms with E-state index in [4.69, 9.17) is 5.14 Å². The third-order valence-electron chi connectivity index (χ3n) is 3.36. The first kappa shape index (κ1) is 14.0. The fraction of sp³-hybridized carbons (Fsp3) is 0.500. The van der Waals surface area contributed by atoms with Gasteiger partial charge in [-0.3, -0.25) is 4.90 Å². The minimum absolute atomic E-state index is 0.416. The van der Waals surface area contributed by atoms with Gasteiger partial charge in [0.05, 0.1) is 5.25 Å². The van der Waals surface area contributed by atoms with Crippen molar-refractivity contribution in [3.63, 3.8) is 0 Å². The van der Waals surface area contributed by atoms with Crippen molar-refractivity contribution in [2.45, 2.75) is 25.1 Å². The number of nitrogens with zero attached hydrogens (tertiary/aromatic N) is 1. The van der Waals surface area contributed by atoms with Crippen molar-refractivity contribution in [2.75, 3.05) is 13.1 Å². The molecule has 0 bridgehead atoms. The van der Waals surface area contributed by atoms with Crippen molar-refractivity contribution in [1.29, 1.82) is 0 Å². The SMILES string of the molecule is Cc1cccc(CN2CCC(S(N)(=O)=O)C2)c1Br. The molecule has 0 radical (unpaired) electrons. The van der Waals surface area contributed by atoms with E-state index in [1.165, 1.54) is 11.1 Å². The quantitative estimate of drug-likeness (QED) is 0.914. The summed E-state index contributed by atoms with van der Waals surface area (Å²) in [5, 5.41) is 4.77. The first-order chi connectivity index (χ1) is 8.38. The molecule has 0 amide bonds. The summed E-state index contributed by atoms with van der Waals surface area (Å²) in [6.45, 7) is 4.11. The van der Waals surface area contributed by atoms with Crippen LogP contribution in [0.3, 0.4) is 0 Å². The lowest BCUT2D eigenvalue weighted by atomic mass is 10.1. The van der Waals surface area contributed by atoms with Crippen LogP contribution in [0.1, 0.15) is 17.5 Å². The van der Waals surface area contributed by atoms with E-state index in [-0.39, 0.29) is 0 Å². The minimum Gasteiger partial charge on any atom is -0.298 e. The van der Waals surface area contributed by atoms with Crippen molar-refractivity contribution >= 4 is 26.0 Å². The monoisotopic (exact) mass is 332 g/mol. The molecule has 0 aliphatic carbocycles. The Labute approximate surface area is 116 Å². The van der Waals surface area contributed by atoms with Crippen LogP contribution in [0.25, 0.3) is 0 Å². The molecule has 0 saturated carbocycles. The predicted molar refractivity (Wildman–Crippen MR) is 75.7 cm³/mol. The van der Waals surface area contributed by atoms with Crippen LogP contribution in [0, 0.1) is 6.92 Å². The summed E-state index contributed by atoms with van der Waals surface area (Å²) in [4.78, 5) is 2.13. The van der Waals surface area contributed by atoms with Gasteiger partial charge in [0.25, 0.3) is 0 Å². The Hall–Kier alpha value is -0.430. The van der Waals surface area contributed by atoms with Crippen LogP contribution in [0.15, 0.2) is 22.7 Å². The molecule has 1 aromatic carbocycles. The van der Waals surface area contributed by atoms with E-state index in [1.54, 1.807) is 0 Å². The molecule has 18 heavy (non-hydrogen) atoms. The van der Waals surface area contributed by atoms with Gasteiger partial charge in [0.15, 0.2) is 0 Å². The summed E-state index contributed by atoms with van der Waals surface area (Å²) in [5.41, 5.74) is 2.37. The Kier molecular flexibility index (Phi) is 4.11. The summed E-state index contributed by atoms with van der Waals surface area (Å²) >= 11 is 3.57. The van der Waals surface area contributed by atoms with Crippen LogP contribution in [0.5, 0.6) is 0 Å². The molecule has 1 aromatic rings. The number of nitrogens with two attached hydrogens (primary N) is 1. The maximum Gasteiger partial charge on any atom is 0.213 e. The average Bonchev–Trinajstić information content (AvgIpc) is 2.73. The fourth-order valence-electron chi connectivity index (χ4n) is 2.28. The second-order valence-corrected chi connectivity index (χ2v) is 7.42. The molecule has 2 rings (SSSR count). The third-order valence-corrected chi connectivity index (χ3v) is 5.81. The van der Waals surface area contributed by atoms with E-state index in [0.29, 0.717) is 13.0 Å². The van der Waals surface area contributed by atoms with Gasteiger partial charge in [0.1, 0.15) is 0 Å². The van der Waals surface area contributed by atoms with Gasteiger partial charge in [-0.25, -0.2) is 13.6 Å². The number of likely N-dealkylation sites (tertiary alicyclic amines) is 1. The van der Waals surface area contributed by atoms with Crippen molar-refractivity contribution < 1.29 is 8.42 Å². The molecule has 0 aromatic heterocycles. The first-order valence-electron chi connectivity index (χ1n) is 5.86. The van der Waals surface area contributed by atoms with Crippen molar-refractivity contribution in [1.82, 2.24) is 4.90 Å². The number of benzene rings is 1. The lowest BCUT2D eigenvalue weighted by Gasteiger charge is -2.17. The molecule has 4 nitrogen and oxygen atoms in total. The van der Waals surface area contributed by atoms with Crippen LogP contribution in [-0.2, 0) is 16.6 Å². The highest BCUT2D eigenvalue weighted by atomic mass is 79.9. The molecule has 1 atom stereocenters. The van der Waals surface area contributed by atoms with Crippen LogP contribution >= 0.6 is 15.9 Å². The second kappa shape index (κ2) is 5.28. The second-order valence-electron chi connectivity index (χ2n) is 4.78. The van der Waals surface area contributed by atoms with Crippen LogP contribution in [-0.4, -0.2) is 31.7 Å². The van der Waals surface area contributed by atoms with Gasteiger partial charge >= 0.3 is 0 Å². The van der Waals surface area contributed by atoms with Gasteiger partial charge in [-0.1, -0.05) is 34.1 Å². The van der Waals surface area contributed by atoms with E-state index in [0.717, 1.165) is 17.6 Å². The zero-order chi connectivity index (χ0) is 13.3. The largest absolute Gasteiger partial charge is 0.298 e. The predicted octanol–water partition coefficient (Wildman–Crippen LogP) is 1.62. The van der Waals surface area contributed by atoms with Gasteiger partial charge in [0.2, 0.25) is 10.0 Å². The molecule has 1 aliphatic heterocycles. The summed E-state index contributed by atoms with van der Waals surface area (Å²) in [6, 6.07) is 6.12. The van der Waals surface area contributed by atoms with E-state index in [1.807, 2.05) is 19.1 Å². The van der Waals surface area contributed by atoms with E-state index < -0.39 is 15.3 Å². The Bertz CT molecular complexity index is 545. The van der Waals surface area contributed by atoms with Gasteiger partial charge in [-0.05, 0) is 31.0 Å². The smallest absolute Gasteiger partial charge is 0.213 e.